The maximum Gasteiger partial charge on any atom is 0.214 e. The van der Waals surface area contributed by atoms with E-state index in [2.05, 4.69) is 15.7 Å². The Morgan fingerprint density at radius 3 is 2.89 bits per heavy atom. The molecule has 1 aliphatic heterocycles. The van der Waals surface area contributed by atoms with E-state index in [0.29, 0.717) is 11.6 Å². The lowest BCUT2D eigenvalue weighted by molar-refractivity contribution is 0.306. The van der Waals surface area contributed by atoms with Crippen molar-refractivity contribution in [1.82, 2.24) is 5.43 Å². The molecule has 1 aromatic carbocycles. The minimum atomic E-state index is -0.0389. The molecule has 1 heterocycles. The van der Waals surface area contributed by atoms with Crippen LogP contribution in [0.2, 0.25) is 0 Å². The predicted molar refractivity (Wildman–Crippen MR) is 70.5 cm³/mol. The first kappa shape index (κ1) is 11.3. The molecule has 0 bridgehead atoms. The zero-order valence-electron chi connectivity index (χ0n) is 9.94. The highest BCUT2D eigenvalue weighted by Crippen LogP contribution is 2.34. The summed E-state index contributed by atoms with van der Waals surface area (Å²) in [6, 6.07) is 3.96. The normalized spacial score (nSPS) is 19.2. The Hall–Kier alpha value is -1.79. The fourth-order valence-corrected chi connectivity index (χ4v) is 2.43. The zero-order valence-corrected chi connectivity index (χ0v) is 9.94. The number of benzene rings is 1. The van der Waals surface area contributed by atoms with Crippen molar-refractivity contribution in [3.05, 3.63) is 28.5 Å². The number of anilines is 2. The van der Waals surface area contributed by atoms with Crippen LogP contribution in [0.25, 0.3) is 0 Å². The summed E-state index contributed by atoms with van der Waals surface area (Å²) in [6.45, 7) is 0.228. The first-order valence-corrected chi connectivity index (χ1v) is 6.10. The molecule has 1 aromatic rings. The molecule has 3 rings (SSSR count). The number of hydrogen-bond acceptors (Lipinski definition) is 4. The Balaban J connectivity index is 1.94. The third-order valence-corrected chi connectivity index (χ3v) is 3.26. The van der Waals surface area contributed by atoms with E-state index in [-0.39, 0.29) is 13.2 Å². The van der Waals surface area contributed by atoms with E-state index < -0.39 is 0 Å². The first-order valence-electron chi connectivity index (χ1n) is 6.10. The highest BCUT2D eigenvalue weighted by molar-refractivity contribution is 6.01. The van der Waals surface area contributed by atoms with Gasteiger partial charge in [0.25, 0.3) is 0 Å². The molecular formula is C12H15N4O2-. The molecule has 3 N–H and O–H groups in total. The molecule has 0 saturated carbocycles. The van der Waals surface area contributed by atoms with E-state index in [1.165, 1.54) is 11.1 Å². The van der Waals surface area contributed by atoms with Crippen LogP contribution in [-0.2, 0) is 12.8 Å². The van der Waals surface area contributed by atoms with Crippen LogP contribution < -0.4 is 15.9 Å². The molecule has 0 spiro atoms. The van der Waals surface area contributed by atoms with Crippen molar-refractivity contribution >= 4 is 17.3 Å². The van der Waals surface area contributed by atoms with Gasteiger partial charge in [0.1, 0.15) is 0 Å². The van der Waals surface area contributed by atoms with E-state index in [4.69, 9.17) is 5.11 Å². The van der Waals surface area contributed by atoms with Crippen LogP contribution in [0, 0.1) is 5.21 Å². The minimum Gasteiger partial charge on any atom is -0.739 e. The third kappa shape index (κ3) is 1.89. The topological polar surface area (TPSA) is 83.0 Å². The molecule has 0 aromatic heterocycles. The number of guanidine groups is 1. The van der Waals surface area contributed by atoms with E-state index >= 15 is 0 Å². The molecule has 0 unspecified atom stereocenters. The summed E-state index contributed by atoms with van der Waals surface area (Å²) in [5, 5.41) is 24.4. The number of hydrogen-bond donors (Lipinski definition) is 3. The standard InChI is InChI=1S/C12H15N4O2/c17-5-4-13-12-14-10-6-8-2-1-3-9(8)7-11(10)16(18)15-12/h6-7,17H,1-5H2,(H2,13,14,15)/q-1. The van der Waals surface area contributed by atoms with Gasteiger partial charge < -0.3 is 20.8 Å². The van der Waals surface area contributed by atoms with Gasteiger partial charge in [-0.3, -0.25) is 5.43 Å². The maximum atomic E-state index is 11.9. The fraction of sp³-hybridized carbons (Fsp3) is 0.417. The Morgan fingerprint density at radius 1 is 1.33 bits per heavy atom. The second-order valence-corrected chi connectivity index (χ2v) is 4.48. The van der Waals surface area contributed by atoms with Gasteiger partial charge in [-0.05, 0) is 42.5 Å². The van der Waals surface area contributed by atoms with Crippen molar-refractivity contribution in [2.45, 2.75) is 19.3 Å². The summed E-state index contributed by atoms with van der Waals surface area (Å²) in [7, 11) is 0. The molecular weight excluding hydrogens is 232 g/mol. The molecule has 6 nitrogen and oxygen atoms in total. The van der Waals surface area contributed by atoms with Crippen molar-refractivity contribution in [3.8, 4) is 0 Å². The van der Waals surface area contributed by atoms with Gasteiger partial charge in [0, 0.05) is 0 Å². The molecule has 18 heavy (non-hydrogen) atoms. The second-order valence-electron chi connectivity index (χ2n) is 4.48. The molecule has 0 atom stereocenters. The van der Waals surface area contributed by atoms with E-state index in [0.717, 1.165) is 30.1 Å². The smallest absolute Gasteiger partial charge is 0.214 e. The Morgan fingerprint density at radius 2 is 2.11 bits per heavy atom. The molecule has 1 aliphatic carbocycles. The number of fused-ring (bicyclic) bond motifs is 2. The van der Waals surface area contributed by atoms with Crippen LogP contribution in [0.15, 0.2) is 17.1 Å². The number of rotatable bonds is 2. The Kier molecular flexibility index (Phi) is 2.81. The van der Waals surface area contributed by atoms with Crippen molar-refractivity contribution in [2.75, 3.05) is 23.6 Å². The summed E-state index contributed by atoms with van der Waals surface area (Å²) in [4.78, 5) is 4.05. The maximum absolute atomic E-state index is 11.9. The fourth-order valence-electron chi connectivity index (χ4n) is 2.43. The number of nitrogens with zero attached hydrogens (tertiary/aromatic N) is 2. The predicted octanol–water partition coefficient (Wildman–Crippen LogP) is 0.758. The highest BCUT2D eigenvalue weighted by Gasteiger charge is 2.19. The highest BCUT2D eigenvalue weighted by atomic mass is 16.5. The second kappa shape index (κ2) is 4.47. The number of aliphatic hydroxyl groups excluding tert-OH is 1. The largest absolute Gasteiger partial charge is 0.739 e. The van der Waals surface area contributed by atoms with Gasteiger partial charge in [-0.1, -0.05) is 0 Å². The molecule has 6 heteroatoms. The number of aryl methyl sites for hydroxylation is 2. The first-order chi connectivity index (χ1) is 8.78. The SMILES string of the molecule is [O-]N1NC(=NCCO)Nc2cc3c(cc21)CCC3. The van der Waals surface area contributed by atoms with Gasteiger partial charge in [-0.2, -0.15) is 0 Å². The lowest BCUT2D eigenvalue weighted by Gasteiger charge is -2.38. The van der Waals surface area contributed by atoms with Crippen LogP contribution in [0.5, 0.6) is 0 Å². The van der Waals surface area contributed by atoms with Gasteiger partial charge in [-0.25, -0.2) is 4.99 Å². The average Bonchev–Trinajstić information content (AvgIpc) is 2.81. The van der Waals surface area contributed by atoms with Crippen molar-refractivity contribution < 1.29 is 5.11 Å². The summed E-state index contributed by atoms with van der Waals surface area (Å²) in [5.74, 6) is 0.379. The number of aliphatic imine (C=N–C) groups is 1. The van der Waals surface area contributed by atoms with Crippen LogP contribution in [0.4, 0.5) is 11.4 Å². The van der Waals surface area contributed by atoms with Crippen LogP contribution in [0.3, 0.4) is 0 Å². The zero-order chi connectivity index (χ0) is 12.5. The van der Waals surface area contributed by atoms with E-state index in [1.54, 1.807) is 0 Å². The van der Waals surface area contributed by atoms with Gasteiger partial charge in [-0.15, -0.1) is 0 Å². The van der Waals surface area contributed by atoms with Crippen molar-refractivity contribution in [1.29, 1.82) is 0 Å². The summed E-state index contributed by atoms with van der Waals surface area (Å²) >= 11 is 0. The minimum absolute atomic E-state index is 0.0389. The summed E-state index contributed by atoms with van der Waals surface area (Å²) in [5.41, 5.74) is 6.54. The van der Waals surface area contributed by atoms with Crippen LogP contribution in [-0.4, -0.2) is 24.2 Å². The Bertz CT molecular complexity index is 501. The monoisotopic (exact) mass is 247 g/mol. The van der Waals surface area contributed by atoms with Gasteiger partial charge in [0.2, 0.25) is 5.96 Å². The average molecular weight is 247 g/mol. The van der Waals surface area contributed by atoms with Crippen molar-refractivity contribution in [3.63, 3.8) is 0 Å². The molecule has 2 aliphatic rings. The third-order valence-electron chi connectivity index (χ3n) is 3.26. The lowest BCUT2D eigenvalue weighted by Crippen LogP contribution is -2.46. The molecule has 0 radical (unpaired) electrons. The lowest BCUT2D eigenvalue weighted by atomic mass is 10.1. The van der Waals surface area contributed by atoms with E-state index in [1.807, 2.05) is 12.1 Å². The van der Waals surface area contributed by atoms with Gasteiger partial charge in [0.15, 0.2) is 0 Å². The Labute approximate surface area is 105 Å². The van der Waals surface area contributed by atoms with Gasteiger partial charge in [0.05, 0.1) is 24.5 Å². The quantitative estimate of drug-likeness (QED) is 0.718. The molecule has 0 saturated heterocycles. The van der Waals surface area contributed by atoms with E-state index in [9.17, 15) is 5.21 Å². The molecule has 96 valence electrons. The van der Waals surface area contributed by atoms with Crippen LogP contribution >= 0.6 is 0 Å². The number of aliphatic hydroxyl groups is 1. The number of hydrazine groups is 1. The van der Waals surface area contributed by atoms with Crippen LogP contribution in [0.1, 0.15) is 17.5 Å². The summed E-state index contributed by atoms with van der Waals surface area (Å²) in [6.07, 6.45) is 3.26. The summed E-state index contributed by atoms with van der Waals surface area (Å²) < 4.78 is 0. The van der Waals surface area contributed by atoms with Crippen molar-refractivity contribution in [2.24, 2.45) is 4.99 Å². The van der Waals surface area contributed by atoms with Gasteiger partial charge >= 0.3 is 0 Å². The number of nitrogens with one attached hydrogen (secondary N) is 2. The molecule has 0 amide bonds. The molecule has 0 fully saturated rings.